The first-order chi connectivity index (χ1) is 21.6. The molecule has 3 aromatic rings. The summed E-state index contributed by atoms with van der Waals surface area (Å²) < 4.78 is 29.3. The van der Waals surface area contributed by atoms with E-state index < -0.39 is 6.09 Å². The Morgan fingerprint density at radius 1 is 0.909 bits per heavy atom. The van der Waals surface area contributed by atoms with E-state index in [0.29, 0.717) is 59.0 Å². The SMILES string of the molecule is COc1ccccc1COCCCOc1ccc(C2CCN(C(=O)O)CC2OCCOc2ccccc2CCCC#N)cc1. The second kappa shape index (κ2) is 17.8. The van der Waals surface area contributed by atoms with Crippen molar-refractivity contribution in [3.8, 4) is 23.3 Å². The van der Waals surface area contributed by atoms with E-state index in [1.807, 2.05) is 72.8 Å². The summed E-state index contributed by atoms with van der Waals surface area (Å²) in [6, 6.07) is 25.8. The van der Waals surface area contributed by atoms with Gasteiger partial charge in [0, 0.05) is 30.9 Å². The third-order valence-corrected chi connectivity index (χ3v) is 7.67. The lowest BCUT2D eigenvalue weighted by Crippen LogP contribution is -2.46. The van der Waals surface area contributed by atoms with E-state index in [0.717, 1.165) is 53.2 Å². The highest BCUT2D eigenvalue weighted by molar-refractivity contribution is 5.65. The molecule has 1 aliphatic rings. The van der Waals surface area contributed by atoms with Crippen LogP contribution >= 0.6 is 0 Å². The van der Waals surface area contributed by atoms with Crippen molar-refractivity contribution >= 4 is 6.09 Å². The van der Waals surface area contributed by atoms with Crippen molar-refractivity contribution in [1.82, 2.24) is 4.90 Å². The van der Waals surface area contributed by atoms with Crippen molar-refractivity contribution in [3.63, 3.8) is 0 Å². The Hall–Kier alpha value is -4.26. The molecular formula is C35H42N2O7. The summed E-state index contributed by atoms with van der Waals surface area (Å²) >= 11 is 0. The third kappa shape index (κ3) is 9.90. The minimum atomic E-state index is -0.935. The van der Waals surface area contributed by atoms with Crippen LogP contribution in [0.5, 0.6) is 17.2 Å². The molecule has 1 N–H and O–H groups in total. The first-order valence-corrected chi connectivity index (χ1v) is 15.2. The van der Waals surface area contributed by atoms with Crippen molar-refractivity contribution in [3.05, 3.63) is 89.5 Å². The molecule has 2 unspecified atom stereocenters. The quantitative estimate of drug-likeness (QED) is 0.175. The Labute approximate surface area is 259 Å². The molecule has 1 amide bonds. The Kier molecular flexibility index (Phi) is 13.2. The van der Waals surface area contributed by atoms with Gasteiger partial charge < -0.3 is 33.7 Å². The normalized spacial score (nSPS) is 16.2. The van der Waals surface area contributed by atoms with Gasteiger partial charge >= 0.3 is 6.09 Å². The molecule has 0 spiro atoms. The molecule has 0 aliphatic carbocycles. The lowest BCUT2D eigenvalue weighted by atomic mass is 9.87. The van der Waals surface area contributed by atoms with Crippen molar-refractivity contribution in [1.29, 1.82) is 5.26 Å². The predicted octanol–water partition coefficient (Wildman–Crippen LogP) is 6.46. The van der Waals surface area contributed by atoms with Crippen LogP contribution in [0.2, 0.25) is 0 Å². The number of ether oxygens (including phenoxy) is 5. The maximum absolute atomic E-state index is 11.7. The lowest BCUT2D eigenvalue weighted by molar-refractivity contribution is -0.0207. The minimum absolute atomic E-state index is 0.0568. The maximum Gasteiger partial charge on any atom is 0.407 e. The Balaban J connectivity index is 1.24. The zero-order chi connectivity index (χ0) is 31.0. The van der Waals surface area contributed by atoms with Crippen molar-refractivity contribution < 1.29 is 33.6 Å². The van der Waals surface area contributed by atoms with Crippen LogP contribution in [0, 0.1) is 11.3 Å². The van der Waals surface area contributed by atoms with Crippen LogP contribution in [0.1, 0.15) is 48.3 Å². The van der Waals surface area contributed by atoms with Crippen LogP contribution in [-0.2, 0) is 22.5 Å². The highest BCUT2D eigenvalue weighted by Crippen LogP contribution is 2.32. The van der Waals surface area contributed by atoms with Crippen LogP contribution in [0.25, 0.3) is 0 Å². The van der Waals surface area contributed by atoms with Gasteiger partial charge in [0.1, 0.15) is 23.9 Å². The van der Waals surface area contributed by atoms with E-state index in [4.69, 9.17) is 28.9 Å². The molecule has 44 heavy (non-hydrogen) atoms. The number of likely N-dealkylation sites (tertiary alicyclic amines) is 1. The molecule has 0 bridgehead atoms. The monoisotopic (exact) mass is 602 g/mol. The Morgan fingerprint density at radius 2 is 1.66 bits per heavy atom. The molecule has 4 rings (SSSR count). The van der Waals surface area contributed by atoms with Gasteiger partial charge in [0.25, 0.3) is 0 Å². The first kappa shape index (κ1) is 32.6. The number of nitrogens with zero attached hydrogens (tertiary/aromatic N) is 2. The fraction of sp³-hybridized carbons (Fsp3) is 0.429. The molecule has 1 fully saturated rings. The number of hydrogen-bond acceptors (Lipinski definition) is 7. The summed E-state index contributed by atoms with van der Waals surface area (Å²) in [5, 5.41) is 18.4. The molecule has 0 saturated carbocycles. The number of carboxylic acid groups (broad SMARTS) is 1. The number of carbonyl (C=O) groups is 1. The summed E-state index contributed by atoms with van der Waals surface area (Å²) in [5.74, 6) is 2.45. The van der Waals surface area contributed by atoms with Gasteiger partial charge in [-0.25, -0.2) is 4.79 Å². The van der Waals surface area contributed by atoms with Crippen LogP contribution in [0.4, 0.5) is 4.79 Å². The van der Waals surface area contributed by atoms with E-state index in [9.17, 15) is 9.90 Å². The highest BCUT2D eigenvalue weighted by Gasteiger charge is 2.33. The zero-order valence-electron chi connectivity index (χ0n) is 25.4. The summed E-state index contributed by atoms with van der Waals surface area (Å²) in [6.45, 7) is 3.05. The zero-order valence-corrected chi connectivity index (χ0v) is 25.4. The fourth-order valence-electron chi connectivity index (χ4n) is 5.37. The van der Waals surface area contributed by atoms with Gasteiger partial charge in [-0.3, -0.25) is 0 Å². The number of para-hydroxylation sites is 2. The summed E-state index contributed by atoms with van der Waals surface area (Å²) in [6.07, 6.45) is 2.27. The van der Waals surface area contributed by atoms with Gasteiger partial charge in [0.15, 0.2) is 0 Å². The molecule has 234 valence electrons. The smallest absolute Gasteiger partial charge is 0.407 e. The summed E-state index contributed by atoms with van der Waals surface area (Å²) in [5.41, 5.74) is 3.18. The van der Waals surface area contributed by atoms with Crippen LogP contribution < -0.4 is 14.2 Å². The van der Waals surface area contributed by atoms with Gasteiger partial charge in [-0.15, -0.1) is 0 Å². The van der Waals surface area contributed by atoms with E-state index in [1.54, 1.807) is 7.11 Å². The molecule has 1 aliphatic heterocycles. The molecule has 3 aromatic carbocycles. The Morgan fingerprint density at radius 3 is 2.41 bits per heavy atom. The second-order valence-electron chi connectivity index (χ2n) is 10.6. The number of rotatable bonds is 17. The number of nitriles is 1. The lowest BCUT2D eigenvalue weighted by Gasteiger charge is -2.37. The van der Waals surface area contributed by atoms with Crippen LogP contribution in [0.15, 0.2) is 72.8 Å². The minimum Gasteiger partial charge on any atom is -0.496 e. The molecule has 0 aromatic heterocycles. The van der Waals surface area contributed by atoms with E-state index in [2.05, 4.69) is 6.07 Å². The number of piperidine rings is 1. The highest BCUT2D eigenvalue weighted by atomic mass is 16.5. The van der Waals surface area contributed by atoms with Crippen LogP contribution in [-0.4, -0.2) is 68.8 Å². The average molecular weight is 603 g/mol. The predicted molar refractivity (Wildman–Crippen MR) is 166 cm³/mol. The number of aryl methyl sites for hydroxylation is 1. The molecule has 2 atom stereocenters. The van der Waals surface area contributed by atoms with Gasteiger partial charge in [0.05, 0.1) is 52.3 Å². The van der Waals surface area contributed by atoms with Gasteiger partial charge in [-0.1, -0.05) is 48.5 Å². The number of unbranched alkanes of at least 4 members (excludes halogenated alkanes) is 1. The van der Waals surface area contributed by atoms with E-state index >= 15 is 0 Å². The Bertz CT molecular complexity index is 1340. The van der Waals surface area contributed by atoms with Crippen LogP contribution in [0.3, 0.4) is 0 Å². The van der Waals surface area contributed by atoms with Gasteiger partial charge in [0.2, 0.25) is 0 Å². The number of hydrogen-bond donors (Lipinski definition) is 1. The summed E-state index contributed by atoms with van der Waals surface area (Å²) in [7, 11) is 1.66. The maximum atomic E-state index is 11.7. The third-order valence-electron chi connectivity index (χ3n) is 7.67. The van der Waals surface area contributed by atoms with Crippen molar-refractivity contribution in [2.45, 2.75) is 50.7 Å². The molecule has 1 heterocycles. The second-order valence-corrected chi connectivity index (χ2v) is 10.6. The number of methoxy groups -OCH3 is 1. The largest absolute Gasteiger partial charge is 0.496 e. The fourth-order valence-corrected chi connectivity index (χ4v) is 5.37. The van der Waals surface area contributed by atoms with Gasteiger partial charge in [-0.05, 0) is 54.7 Å². The van der Waals surface area contributed by atoms with Crippen molar-refractivity contribution in [2.75, 3.05) is 46.6 Å². The molecule has 9 heteroatoms. The molecule has 1 saturated heterocycles. The first-order valence-electron chi connectivity index (χ1n) is 15.2. The van der Waals surface area contributed by atoms with Gasteiger partial charge in [-0.2, -0.15) is 5.26 Å². The topological polar surface area (TPSA) is 110 Å². The van der Waals surface area contributed by atoms with E-state index in [1.165, 1.54) is 4.90 Å². The standard InChI is InChI=1S/C35H42N2O7/c1-40-32-12-4-3-11-29(32)26-41-21-8-22-42-30-16-14-27(15-17-30)31-18-20-37(35(38)39)25-34(31)44-24-23-43-33-13-5-2-9-28(33)10-6-7-19-36/h2-5,9,11-17,31,34H,6-8,10,18,20-26H2,1H3,(H,38,39). The van der Waals surface area contributed by atoms with E-state index in [-0.39, 0.29) is 12.0 Å². The summed E-state index contributed by atoms with van der Waals surface area (Å²) in [4.78, 5) is 13.1. The molecule has 0 radical (unpaired) electrons. The molecular weight excluding hydrogens is 560 g/mol. The number of amides is 1. The molecule has 9 nitrogen and oxygen atoms in total. The van der Waals surface area contributed by atoms with Crippen molar-refractivity contribution in [2.24, 2.45) is 0 Å². The number of benzene rings is 3. The average Bonchev–Trinajstić information content (AvgIpc) is 3.05.